The van der Waals surface area contributed by atoms with Crippen LogP contribution in [0, 0.1) is 11.3 Å². The van der Waals surface area contributed by atoms with E-state index in [1.54, 1.807) is 30.3 Å². The Hall–Kier alpha value is -3.07. The van der Waals surface area contributed by atoms with Gasteiger partial charge in [-0.25, -0.2) is 4.79 Å². The van der Waals surface area contributed by atoms with E-state index in [4.69, 9.17) is 0 Å². The third-order valence-electron chi connectivity index (χ3n) is 5.62. The first kappa shape index (κ1) is 23.6. The summed E-state index contributed by atoms with van der Waals surface area (Å²) < 4.78 is 40.8. The molecule has 3 rings (SSSR count). The van der Waals surface area contributed by atoms with Gasteiger partial charge >= 0.3 is 12.2 Å². The first-order valence-electron chi connectivity index (χ1n) is 10.3. The molecule has 1 fully saturated rings. The molecule has 1 aliphatic rings. The molecule has 1 aliphatic carbocycles. The summed E-state index contributed by atoms with van der Waals surface area (Å²) in [5, 5.41) is 17.5. The summed E-state index contributed by atoms with van der Waals surface area (Å²) in [6.07, 6.45) is -3.85. The van der Waals surface area contributed by atoms with Gasteiger partial charge in [-0.15, -0.1) is 0 Å². The fourth-order valence-corrected chi connectivity index (χ4v) is 3.63. The zero-order valence-electron chi connectivity index (χ0n) is 17.8. The second-order valence-electron chi connectivity index (χ2n) is 8.44. The summed E-state index contributed by atoms with van der Waals surface area (Å²) in [5.74, 6) is -0.534. The molecule has 32 heavy (non-hydrogen) atoms. The standard InChI is InChI=1S/C23H26F3N3O3/c1-14(2)19(30)22(10-11-22)13-27-21(32)29-18-9-8-16(12-17(18)23(24,25)26)28-20(31)15-6-4-3-5-7-15/h3-9,12,14,19,30H,10-11,13H2,1-2H3,(H,28,31)(H2,27,29,32). The molecule has 2 aromatic rings. The molecule has 1 unspecified atom stereocenters. The number of aliphatic hydroxyl groups is 1. The van der Waals surface area contributed by atoms with E-state index < -0.39 is 40.9 Å². The van der Waals surface area contributed by atoms with Gasteiger partial charge in [0.05, 0.1) is 17.4 Å². The van der Waals surface area contributed by atoms with Gasteiger partial charge < -0.3 is 21.1 Å². The summed E-state index contributed by atoms with van der Waals surface area (Å²) >= 11 is 0. The second-order valence-corrected chi connectivity index (χ2v) is 8.44. The maximum absolute atomic E-state index is 13.6. The van der Waals surface area contributed by atoms with Crippen LogP contribution in [0.15, 0.2) is 48.5 Å². The van der Waals surface area contributed by atoms with Gasteiger partial charge in [0, 0.05) is 23.2 Å². The van der Waals surface area contributed by atoms with Crippen molar-refractivity contribution in [2.75, 3.05) is 17.2 Å². The van der Waals surface area contributed by atoms with Crippen molar-refractivity contribution in [3.63, 3.8) is 0 Å². The number of aliphatic hydroxyl groups excluding tert-OH is 1. The fourth-order valence-electron chi connectivity index (χ4n) is 3.63. The van der Waals surface area contributed by atoms with Gasteiger partial charge in [-0.1, -0.05) is 32.0 Å². The highest BCUT2D eigenvalue weighted by Gasteiger charge is 2.49. The number of carbonyl (C=O) groups is 2. The Morgan fingerprint density at radius 1 is 1.06 bits per heavy atom. The SMILES string of the molecule is CC(C)C(O)C1(CNC(=O)Nc2ccc(NC(=O)c3ccccc3)cc2C(F)(F)F)CC1. The number of halogens is 3. The van der Waals surface area contributed by atoms with E-state index in [1.807, 2.05) is 13.8 Å². The minimum Gasteiger partial charge on any atom is -0.392 e. The molecule has 0 saturated heterocycles. The predicted molar refractivity (Wildman–Crippen MR) is 115 cm³/mol. The number of hydrogen-bond donors (Lipinski definition) is 4. The van der Waals surface area contributed by atoms with Gasteiger partial charge in [-0.2, -0.15) is 13.2 Å². The summed E-state index contributed by atoms with van der Waals surface area (Å²) in [6.45, 7) is 3.92. The van der Waals surface area contributed by atoms with Crippen LogP contribution in [0.3, 0.4) is 0 Å². The summed E-state index contributed by atoms with van der Waals surface area (Å²) in [6, 6.07) is 10.5. The van der Waals surface area contributed by atoms with E-state index in [2.05, 4.69) is 16.0 Å². The lowest BCUT2D eigenvalue weighted by Gasteiger charge is -2.26. The quantitative estimate of drug-likeness (QED) is 0.486. The van der Waals surface area contributed by atoms with Crippen molar-refractivity contribution < 1.29 is 27.9 Å². The van der Waals surface area contributed by atoms with E-state index in [1.165, 1.54) is 6.07 Å². The normalized spacial score (nSPS) is 15.7. The van der Waals surface area contributed by atoms with E-state index in [-0.39, 0.29) is 18.2 Å². The first-order chi connectivity index (χ1) is 15.0. The minimum atomic E-state index is -4.75. The zero-order valence-corrected chi connectivity index (χ0v) is 17.8. The summed E-state index contributed by atoms with van der Waals surface area (Å²) in [7, 11) is 0. The molecule has 0 spiro atoms. The Balaban J connectivity index is 1.69. The number of rotatable bonds is 7. The number of benzene rings is 2. The molecule has 0 radical (unpaired) electrons. The first-order valence-corrected chi connectivity index (χ1v) is 10.3. The van der Waals surface area contributed by atoms with Crippen LogP contribution in [0.25, 0.3) is 0 Å². The average Bonchev–Trinajstić information content (AvgIpc) is 3.53. The summed E-state index contributed by atoms with van der Waals surface area (Å²) in [4.78, 5) is 24.5. The molecular weight excluding hydrogens is 423 g/mol. The van der Waals surface area contributed by atoms with E-state index in [0.717, 1.165) is 25.0 Å². The van der Waals surface area contributed by atoms with Crippen LogP contribution in [0.1, 0.15) is 42.6 Å². The largest absolute Gasteiger partial charge is 0.418 e. The van der Waals surface area contributed by atoms with E-state index >= 15 is 0 Å². The highest BCUT2D eigenvalue weighted by molar-refractivity contribution is 6.04. The molecule has 0 aromatic heterocycles. The lowest BCUT2D eigenvalue weighted by atomic mass is 9.90. The molecule has 4 N–H and O–H groups in total. The van der Waals surface area contributed by atoms with Crippen LogP contribution >= 0.6 is 0 Å². The molecule has 6 nitrogen and oxygen atoms in total. The molecule has 9 heteroatoms. The van der Waals surface area contributed by atoms with Crippen molar-refractivity contribution in [3.05, 3.63) is 59.7 Å². The highest BCUT2D eigenvalue weighted by Crippen LogP contribution is 2.50. The Morgan fingerprint density at radius 2 is 1.72 bits per heavy atom. The van der Waals surface area contributed by atoms with Crippen molar-refractivity contribution in [2.45, 2.75) is 39.0 Å². The van der Waals surface area contributed by atoms with Crippen LogP contribution in [-0.4, -0.2) is 29.7 Å². The fraction of sp³-hybridized carbons (Fsp3) is 0.391. The number of alkyl halides is 3. The average molecular weight is 449 g/mol. The smallest absolute Gasteiger partial charge is 0.392 e. The molecule has 0 bridgehead atoms. The minimum absolute atomic E-state index is 0.0119. The van der Waals surface area contributed by atoms with Crippen LogP contribution in [0.2, 0.25) is 0 Å². The maximum Gasteiger partial charge on any atom is 0.418 e. The number of anilines is 2. The van der Waals surface area contributed by atoms with Crippen LogP contribution < -0.4 is 16.0 Å². The van der Waals surface area contributed by atoms with Crippen molar-refractivity contribution >= 4 is 23.3 Å². The van der Waals surface area contributed by atoms with Gasteiger partial charge in [0.2, 0.25) is 0 Å². The van der Waals surface area contributed by atoms with Crippen LogP contribution in [-0.2, 0) is 6.18 Å². The molecular formula is C23H26F3N3O3. The number of hydrogen-bond acceptors (Lipinski definition) is 3. The molecule has 0 heterocycles. The third-order valence-corrected chi connectivity index (χ3v) is 5.62. The number of amides is 3. The Kier molecular flexibility index (Phi) is 6.78. The third kappa shape index (κ3) is 5.59. The van der Waals surface area contributed by atoms with Gasteiger partial charge in [0.15, 0.2) is 0 Å². The van der Waals surface area contributed by atoms with Crippen molar-refractivity contribution in [1.82, 2.24) is 5.32 Å². The summed E-state index contributed by atoms with van der Waals surface area (Å²) in [5.41, 5.74) is -1.68. The van der Waals surface area contributed by atoms with Gasteiger partial charge in [-0.3, -0.25) is 4.79 Å². The maximum atomic E-state index is 13.6. The van der Waals surface area contributed by atoms with E-state index in [0.29, 0.717) is 5.56 Å². The van der Waals surface area contributed by atoms with E-state index in [9.17, 15) is 27.9 Å². The number of carbonyl (C=O) groups excluding carboxylic acids is 2. The second kappa shape index (κ2) is 9.20. The lowest BCUT2D eigenvalue weighted by molar-refractivity contribution is -0.136. The topological polar surface area (TPSA) is 90.5 Å². The highest BCUT2D eigenvalue weighted by atomic mass is 19.4. The predicted octanol–water partition coefficient (Wildman–Crippen LogP) is 4.88. The monoisotopic (exact) mass is 449 g/mol. The molecule has 172 valence electrons. The zero-order chi connectivity index (χ0) is 23.5. The molecule has 1 saturated carbocycles. The molecule has 1 atom stereocenters. The van der Waals surface area contributed by atoms with Crippen molar-refractivity contribution in [3.8, 4) is 0 Å². The van der Waals surface area contributed by atoms with Crippen LogP contribution in [0.5, 0.6) is 0 Å². The Labute approximate surface area is 184 Å². The Bertz CT molecular complexity index is 973. The van der Waals surface area contributed by atoms with Gasteiger partial charge in [0.1, 0.15) is 0 Å². The van der Waals surface area contributed by atoms with Crippen LogP contribution in [0.4, 0.5) is 29.3 Å². The molecule has 0 aliphatic heterocycles. The van der Waals surface area contributed by atoms with Gasteiger partial charge in [0.25, 0.3) is 5.91 Å². The number of urea groups is 1. The number of nitrogens with one attached hydrogen (secondary N) is 3. The van der Waals surface area contributed by atoms with Crippen molar-refractivity contribution in [2.24, 2.45) is 11.3 Å². The van der Waals surface area contributed by atoms with Gasteiger partial charge in [-0.05, 0) is 49.1 Å². The molecule has 2 aromatic carbocycles. The molecule has 3 amide bonds. The Morgan fingerprint density at radius 3 is 2.28 bits per heavy atom. The van der Waals surface area contributed by atoms with Crippen molar-refractivity contribution in [1.29, 1.82) is 0 Å². The lowest BCUT2D eigenvalue weighted by Crippen LogP contribution is -2.40.